The lowest BCUT2D eigenvalue weighted by Gasteiger charge is -2.32. The predicted octanol–water partition coefficient (Wildman–Crippen LogP) is 4.54. The van der Waals surface area contributed by atoms with E-state index in [4.69, 9.17) is 9.72 Å². The van der Waals surface area contributed by atoms with Crippen molar-refractivity contribution in [1.82, 2.24) is 14.9 Å². The highest BCUT2D eigenvalue weighted by Crippen LogP contribution is 2.28. The van der Waals surface area contributed by atoms with Crippen LogP contribution in [-0.2, 0) is 16.1 Å². The minimum absolute atomic E-state index is 0.0708. The van der Waals surface area contributed by atoms with Crippen LogP contribution in [0.25, 0.3) is 11.0 Å². The van der Waals surface area contributed by atoms with E-state index < -0.39 is 0 Å². The number of anilines is 1. The summed E-state index contributed by atoms with van der Waals surface area (Å²) >= 11 is 0. The van der Waals surface area contributed by atoms with Crippen molar-refractivity contribution >= 4 is 22.9 Å². The molecule has 1 N–H and O–H groups in total. The average Bonchev–Trinajstić information content (AvgIpc) is 3.18. The number of nitrogens with zero attached hydrogens (tertiary/aromatic N) is 3. The Balaban J connectivity index is 1.41. The Bertz CT molecular complexity index is 1070. The molecule has 1 aromatic heterocycles. The third-order valence-electron chi connectivity index (χ3n) is 6.44. The molecular weight excluding hydrogens is 412 g/mol. The molecule has 2 heterocycles. The molecule has 6 nitrogen and oxygen atoms in total. The van der Waals surface area contributed by atoms with Crippen LogP contribution < -0.4 is 10.2 Å². The minimum Gasteiger partial charge on any atom is -0.379 e. The molecule has 1 fully saturated rings. The van der Waals surface area contributed by atoms with Crippen LogP contribution >= 0.6 is 0 Å². The highest BCUT2D eigenvalue weighted by molar-refractivity contribution is 5.80. The van der Waals surface area contributed by atoms with Gasteiger partial charge < -0.3 is 19.5 Å². The number of nitrogens with one attached hydrogen (secondary N) is 1. The topological polar surface area (TPSA) is 59.4 Å². The first-order valence-electron chi connectivity index (χ1n) is 12.2. The summed E-state index contributed by atoms with van der Waals surface area (Å²) < 4.78 is 7.88. The Hall–Kier alpha value is -2.86. The van der Waals surface area contributed by atoms with E-state index in [1.165, 1.54) is 11.1 Å². The second kappa shape index (κ2) is 10.8. The van der Waals surface area contributed by atoms with Crippen LogP contribution in [0.4, 0.5) is 5.95 Å². The van der Waals surface area contributed by atoms with E-state index in [-0.39, 0.29) is 17.9 Å². The minimum atomic E-state index is 0.0708. The maximum atomic E-state index is 12.6. The number of imidazole rings is 1. The van der Waals surface area contributed by atoms with Gasteiger partial charge in [-0.3, -0.25) is 4.79 Å². The predicted molar refractivity (Wildman–Crippen MR) is 134 cm³/mol. The number of hydrogen-bond acceptors (Lipinski definition) is 4. The second-order valence-corrected chi connectivity index (χ2v) is 9.24. The van der Waals surface area contributed by atoms with Crippen molar-refractivity contribution in [3.8, 4) is 0 Å². The Labute approximate surface area is 196 Å². The zero-order chi connectivity index (χ0) is 23.2. The van der Waals surface area contributed by atoms with Gasteiger partial charge in [-0.1, -0.05) is 36.4 Å². The lowest BCUT2D eigenvalue weighted by molar-refractivity contribution is -0.125. The van der Waals surface area contributed by atoms with Crippen molar-refractivity contribution in [2.75, 3.05) is 31.1 Å². The van der Waals surface area contributed by atoms with Crippen molar-refractivity contribution in [3.05, 3.63) is 59.7 Å². The maximum absolute atomic E-state index is 12.6. The molecule has 1 aliphatic heterocycles. The number of fused-ring (bicyclic) bond motifs is 1. The van der Waals surface area contributed by atoms with Gasteiger partial charge >= 0.3 is 0 Å². The van der Waals surface area contributed by atoms with Gasteiger partial charge in [0.15, 0.2) is 0 Å². The lowest BCUT2D eigenvalue weighted by atomic mass is 9.96. The molecule has 6 heteroatoms. The normalized spacial score (nSPS) is 14.8. The summed E-state index contributed by atoms with van der Waals surface area (Å²) in [5.74, 6) is 1.25. The van der Waals surface area contributed by atoms with Crippen molar-refractivity contribution in [3.63, 3.8) is 0 Å². The molecule has 0 saturated carbocycles. The maximum Gasteiger partial charge on any atom is 0.223 e. The first-order chi connectivity index (χ1) is 16.0. The van der Waals surface area contributed by atoms with E-state index in [1.54, 1.807) is 0 Å². The Morgan fingerprint density at radius 2 is 1.85 bits per heavy atom. The van der Waals surface area contributed by atoms with E-state index in [0.717, 1.165) is 55.9 Å². The average molecular weight is 449 g/mol. The summed E-state index contributed by atoms with van der Waals surface area (Å²) in [7, 11) is 0. The van der Waals surface area contributed by atoms with Crippen LogP contribution in [-0.4, -0.2) is 47.8 Å². The fourth-order valence-corrected chi connectivity index (χ4v) is 4.51. The molecule has 4 rings (SSSR count). The summed E-state index contributed by atoms with van der Waals surface area (Å²) in [6.45, 7) is 10.1. The highest BCUT2D eigenvalue weighted by Gasteiger charge is 2.27. The van der Waals surface area contributed by atoms with Gasteiger partial charge in [0.2, 0.25) is 11.9 Å². The van der Waals surface area contributed by atoms with Gasteiger partial charge in [0.1, 0.15) is 0 Å². The molecule has 0 aliphatic carbocycles. The van der Waals surface area contributed by atoms with Crippen LogP contribution in [0, 0.1) is 12.8 Å². The fraction of sp³-hybridized carbons (Fsp3) is 0.481. The SMILES string of the molecule is Cc1ccccc1Cn1c(N2CCC(C(=O)NCCCOC(C)C)CC2)nc2ccccc21. The van der Waals surface area contributed by atoms with Crippen molar-refractivity contribution < 1.29 is 9.53 Å². The zero-order valence-electron chi connectivity index (χ0n) is 20.1. The molecule has 1 saturated heterocycles. The number of piperidine rings is 1. The number of carbonyl (C=O) groups is 1. The lowest BCUT2D eigenvalue weighted by Crippen LogP contribution is -2.41. The van der Waals surface area contributed by atoms with Crippen LogP contribution in [0.1, 0.15) is 44.2 Å². The van der Waals surface area contributed by atoms with Crippen molar-refractivity contribution in [1.29, 1.82) is 0 Å². The van der Waals surface area contributed by atoms with Crippen LogP contribution in [0.3, 0.4) is 0 Å². The molecule has 0 radical (unpaired) electrons. The second-order valence-electron chi connectivity index (χ2n) is 9.24. The number of para-hydroxylation sites is 2. The third kappa shape index (κ3) is 5.74. The Morgan fingerprint density at radius 3 is 2.61 bits per heavy atom. The van der Waals surface area contributed by atoms with Crippen molar-refractivity contribution in [2.24, 2.45) is 5.92 Å². The fourth-order valence-electron chi connectivity index (χ4n) is 4.51. The summed E-state index contributed by atoms with van der Waals surface area (Å²) in [4.78, 5) is 20.0. The number of hydrogen-bond donors (Lipinski definition) is 1. The number of rotatable bonds is 9. The highest BCUT2D eigenvalue weighted by atomic mass is 16.5. The van der Waals surface area contributed by atoms with Gasteiger partial charge in [0.05, 0.1) is 23.7 Å². The standard InChI is InChI=1S/C27H36N4O2/c1-20(2)33-18-8-15-28-26(32)22-13-16-30(17-14-22)27-29-24-11-6-7-12-25(24)31(27)19-23-10-5-4-9-21(23)3/h4-7,9-12,20,22H,8,13-19H2,1-3H3,(H,28,32). The van der Waals surface area contributed by atoms with Crippen LogP contribution in [0.2, 0.25) is 0 Å². The van der Waals surface area contributed by atoms with E-state index >= 15 is 0 Å². The third-order valence-corrected chi connectivity index (χ3v) is 6.44. The number of ether oxygens (including phenoxy) is 1. The number of aromatic nitrogens is 2. The molecule has 3 aromatic rings. The smallest absolute Gasteiger partial charge is 0.223 e. The first-order valence-corrected chi connectivity index (χ1v) is 12.2. The van der Waals surface area contributed by atoms with E-state index in [2.05, 4.69) is 64.2 Å². The molecule has 1 amide bonds. The van der Waals surface area contributed by atoms with Crippen LogP contribution in [0.5, 0.6) is 0 Å². The van der Waals surface area contributed by atoms with Crippen LogP contribution in [0.15, 0.2) is 48.5 Å². The molecule has 0 atom stereocenters. The van der Waals surface area contributed by atoms with E-state index in [1.807, 2.05) is 19.9 Å². The van der Waals surface area contributed by atoms with E-state index in [0.29, 0.717) is 13.2 Å². The van der Waals surface area contributed by atoms with Gasteiger partial charge in [-0.25, -0.2) is 4.98 Å². The quantitative estimate of drug-likeness (QED) is 0.488. The molecule has 0 unspecified atom stereocenters. The van der Waals surface area contributed by atoms with E-state index in [9.17, 15) is 4.79 Å². The number of amides is 1. The van der Waals surface area contributed by atoms with Gasteiger partial charge in [-0.15, -0.1) is 0 Å². The number of benzene rings is 2. The van der Waals surface area contributed by atoms with Gasteiger partial charge in [-0.05, 0) is 63.3 Å². The summed E-state index contributed by atoms with van der Waals surface area (Å²) in [6.07, 6.45) is 2.79. The molecular formula is C27H36N4O2. The molecule has 2 aromatic carbocycles. The van der Waals surface area contributed by atoms with Crippen molar-refractivity contribution in [2.45, 2.75) is 52.7 Å². The first kappa shape index (κ1) is 23.3. The molecule has 0 bridgehead atoms. The van der Waals surface area contributed by atoms with Gasteiger partial charge in [0.25, 0.3) is 0 Å². The summed E-state index contributed by atoms with van der Waals surface area (Å²) in [6, 6.07) is 16.9. The largest absolute Gasteiger partial charge is 0.379 e. The summed E-state index contributed by atoms with van der Waals surface area (Å²) in [5.41, 5.74) is 4.76. The zero-order valence-corrected chi connectivity index (χ0v) is 20.1. The molecule has 0 spiro atoms. The summed E-state index contributed by atoms with van der Waals surface area (Å²) in [5, 5.41) is 3.09. The number of aryl methyl sites for hydroxylation is 1. The monoisotopic (exact) mass is 448 g/mol. The Kier molecular flexibility index (Phi) is 7.65. The number of carbonyl (C=O) groups excluding carboxylic acids is 1. The molecule has 1 aliphatic rings. The molecule has 176 valence electrons. The van der Waals surface area contributed by atoms with Gasteiger partial charge in [-0.2, -0.15) is 0 Å². The Morgan fingerprint density at radius 1 is 1.12 bits per heavy atom. The molecule has 33 heavy (non-hydrogen) atoms. The van der Waals surface area contributed by atoms with Gasteiger partial charge in [0, 0.05) is 32.2 Å².